The Morgan fingerprint density at radius 1 is 1.18 bits per heavy atom. The summed E-state index contributed by atoms with van der Waals surface area (Å²) in [5, 5.41) is 19.6. The van der Waals surface area contributed by atoms with Crippen LogP contribution in [0.25, 0.3) is 11.3 Å². The number of pyridine rings is 1. The summed E-state index contributed by atoms with van der Waals surface area (Å²) in [6, 6.07) is 14.3. The second-order valence-corrected chi connectivity index (χ2v) is 6.11. The van der Waals surface area contributed by atoms with Crippen LogP contribution in [0.2, 0.25) is 0 Å². The molecule has 1 unspecified atom stereocenters. The lowest BCUT2D eigenvalue weighted by molar-refractivity contribution is -0.0687. The van der Waals surface area contributed by atoms with E-state index in [4.69, 9.17) is 0 Å². The van der Waals surface area contributed by atoms with Crippen LogP contribution in [0.5, 0.6) is 0 Å². The summed E-state index contributed by atoms with van der Waals surface area (Å²) in [6.45, 7) is 2.09. The molecule has 4 heteroatoms. The normalized spacial score (nSPS) is 22.6. The number of aromatic nitrogens is 1. The van der Waals surface area contributed by atoms with Gasteiger partial charge in [-0.3, -0.25) is 9.88 Å². The summed E-state index contributed by atoms with van der Waals surface area (Å²) in [6.07, 6.45) is 3.39. The molecule has 3 rings (SSSR count). The third kappa shape index (κ3) is 3.53. The summed E-state index contributed by atoms with van der Waals surface area (Å²) in [5.41, 5.74) is 2.32. The van der Waals surface area contributed by atoms with Gasteiger partial charge in [-0.25, -0.2) is 0 Å². The zero-order valence-electron chi connectivity index (χ0n) is 12.7. The first-order valence-electron chi connectivity index (χ1n) is 7.74. The lowest BCUT2D eigenvalue weighted by Gasteiger charge is -2.38. The third-order valence-electron chi connectivity index (χ3n) is 4.22. The van der Waals surface area contributed by atoms with Gasteiger partial charge in [-0.1, -0.05) is 24.3 Å². The zero-order valence-corrected chi connectivity index (χ0v) is 12.7. The highest BCUT2D eigenvalue weighted by atomic mass is 16.3. The van der Waals surface area contributed by atoms with Crippen molar-refractivity contribution in [3.8, 4) is 11.3 Å². The molecule has 1 atom stereocenters. The van der Waals surface area contributed by atoms with Gasteiger partial charge in [0, 0.05) is 24.8 Å². The molecule has 22 heavy (non-hydrogen) atoms. The predicted molar refractivity (Wildman–Crippen MR) is 86.2 cm³/mol. The van der Waals surface area contributed by atoms with Crippen LogP contribution < -0.4 is 0 Å². The van der Waals surface area contributed by atoms with E-state index >= 15 is 0 Å². The number of hydrogen-bond donors (Lipinski definition) is 2. The standard InChI is InChI=1S/C18H22N2O2/c21-14-18(22)8-4-10-20(13-18)12-15-5-3-6-16(11-15)17-7-1-2-9-19-17/h1-3,5-7,9,11,21-22H,4,8,10,12-14H2. The number of piperidine rings is 1. The maximum Gasteiger partial charge on any atom is 0.100 e. The van der Waals surface area contributed by atoms with Crippen molar-refractivity contribution in [3.05, 3.63) is 54.2 Å². The Bertz CT molecular complexity index is 617. The summed E-state index contributed by atoms with van der Waals surface area (Å²) in [5.74, 6) is 0. The van der Waals surface area contributed by atoms with E-state index in [2.05, 4.69) is 28.1 Å². The molecule has 1 aliphatic heterocycles. The SMILES string of the molecule is OCC1(O)CCCN(Cc2cccc(-c3ccccn3)c2)C1. The minimum Gasteiger partial charge on any atom is -0.393 e. The van der Waals surface area contributed by atoms with Crippen LogP contribution in [0.15, 0.2) is 48.7 Å². The molecular formula is C18H22N2O2. The van der Waals surface area contributed by atoms with Crippen molar-refractivity contribution in [3.63, 3.8) is 0 Å². The van der Waals surface area contributed by atoms with E-state index in [-0.39, 0.29) is 6.61 Å². The highest BCUT2D eigenvalue weighted by Crippen LogP contribution is 2.23. The first kappa shape index (κ1) is 15.2. The van der Waals surface area contributed by atoms with Gasteiger partial charge < -0.3 is 10.2 Å². The molecule has 0 radical (unpaired) electrons. The molecule has 1 aliphatic rings. The maximum atomic E-state index is 10.3. The van der Waals surface area contributed by atoms with Crippen LogP contribution in [-0.2, 0) is 6.54 Å². The Labute approximate surface area is 131 Å². The fourth-order valence-corrected chi connectivity index (χ4v) is 3.09. The number of aliphatic hydroxyl groups is 2. The maximum absolute atomic E-state index is 10.3. The molecule has 0 aliphatic carbocycles. The number of aliphatic hydroxyl groups excluding tert-OH is 1. The summed E-state index contributed by atoms with van der Waals surface area (Å²) in [4.78, 5) is 6.59. The molecule has 1 saturated heterocycles. The Morgan fingerprint density at radius 3 is 2.86 bits per heavy atom. The van der Waals surface area contributed by atoms with Crippen LogP contribution in [0, 0.1) is 0 Å². The van der Waals surface area contributed by atoms with E-state index in [0.29, 0.717) is 13.0 Å². The summed E-state index contributed by atoms with van der Waals surface area (Å²) < 4.78 is 0. The number of rotatable bonds is 4. The van der Waals surface area contributed by atoms with E-state index in [0.717, 1.165) is 30.8 Å². The van der Waals surface area contributed by atoms with Crippen LogP contribution in [0.1, 0.15) is 18.4 Å². The molecule has 116 valence electrons. The third-order valence-corrected chi connectivity index (χ3v) is 4.22. The van der Waals surface area contributed by atoms with Gasteiger partial charge in [0.2, 0.25) is 0 Å². The summed E-state index contributed by atoms with van der Waals surface area (Å²) >= 11 is 0. The van der Waals surface area contributed by atoms with Gasteiger partial charge in [0.15, 0.2) is 0 Å². The monoisotopic (exact) mass is 298 g/mol. The van der Waals surface area contributed by atoms with Gasteiger partial charge in [0.25, 0.3) is 0 Å². The largest absolute Gasteiger partial charge is 0.393 e. The van der Waals surface area contributed by atoms with Crippen molar-refractivity contribution in [1.29, 1.82) is 0 Å². The predicted octanol–water partition coefficient (Wildman–Crippen LogP) is 2.07. The second kappa shape index (κ2) is 6.57. The smallest absolute Gasteiger partial charge is 0.100 e. The average molecular weight is 298 g/mol. The van der Waals surface area contributed by atoms with Crippen LogP contribution >= 0.6 is 0 Å². The van der Waals surface area contributed by atoms with Crippen molar-refractivity contribution >= 4 is 0 Å². The first-order chi connectivity index (χ1) is 10.7. The van der Waals surface area contributed by atoms with Gasteiger partial charge in [-0.2, -0.15) is 0 Å². The first-order valence-corrected chi connectivity index (χ1v) is 7.74. The van der Waals surface area contributed by atoms with Crippen molar-refractivity contribution in [2.45, 2.75) is 25.0 Å². The zero-order chi connectivity index (χ0) is 15.4. The van der Waals surface area contributed by atoms with Gasteiger partial charge in [0.1, 0.15) is 5.60 Å². The molecule has 2 aromatic rings. The van der Waals surface area contributed by atoms with Crippen LogP contribution in [0.3, 0.4) is 0 Å². The van der Waals surface area contributed by atoms with Gasteiger partial charge in [-0.15, -0.1) is 0 Å². The molecule has 0 spiro atoms. The lowest BCUT2D eigenvalue weighted by Crippen LogP contribution is -2.50. The van der Waals surface area contributed by atoms with Gasteiger partial charge >= 0.3 is 0 Å². The molecule has 2 heterocycles. The number of likely N-dealkylation sites (tertiary alicyclic amines) is 1. The molecule has 1 fully saturated rings. The van der Waals surface area contributed by atoms with E-state index in [9.17, 15) is 10.2 Å². The van der Waals surface area contributed by atoms with Crippen molar-refractivity contribution in [2.24, 2.45) is 0 Å². The van der Waals surface area contributed by atoms with Crippen molar-refractivity contribution < 1.29 is 10.2 Å². The molecule has 1 aromatic heterocycles. The topological polar surface area (TPSA) is 56.6 Å². The Balaban J connectivity index is 1.73. The van der Waals surface area contributed by atoms with E-state index < -0.39 is 5.60 Å². The van der Waals surface area contributed by atoms with Crippen LogP contribution in [-0.4, -0.2) is 45.4 Å². The number of hydrogen-bond acceptors (Lipinski definition) is 4. The van der Waals surface area contributed by atoms with Crippen molar-refractivity contribution in [2.75, 3.05) is 19.7 Å². The van der Waals surface area contributed by atoms with Crippen molar-refractivity contribution in [1.82, 2.24) is 9.88 Å². The van der Waals surface area contributed by atoms with E-state index in [1.165, 1.54) is 5.56 Å². The van der Waals surface area contributed by atoms with E-state index in [1.807, 2.05) is 24.3 Å². The highest BCUT2D eigenvalue weighted by Gasteiger charge is 2.32. The molecule has 0 bridgehead atoms. The summed E-state index contributed by atoms with van der Waals surface area (Å²) in [7, 11) is 0. The fourth-order valence-electron chi connectivity index (χ4n) is 3.09. The van der Waals surface area contributed by atoms with Gasteiger partial charge in [0.05, 0.1) is 12.3 Å². The number of nitrogens with zero attached hydrogens (tertiary/aromatic N) is 2. The molecule has 4 nitrogen and oxygen atoms in total. The Morgan fingerprint density at radius 2 is 2.09 bits per heavy atom. The number of benzene rings is 1. The molecule has 1 aromatic carbocycles. The molecule has 0 amide bonds. The molecular weight excluding hydrogens is 276 g/mol. The Hall–Kier alpha value is -1.75. The number of β-amino-alcohol motifs (C(OH)–C–C–N with tert-alkyl or cyclic N) is 1. The second-order valence-electron chi connectivity index (χ2n) is 6.11. The lowest BCUT2D eigenvalue weighted by atomic mass is 9.93. The van der Waals surface area contributed by atoms with E-state index in [1.54, 1.807) is 6.20 Å². The fraction of sp³-hybridized carbons (Fsp3) is 0.389. The quantitative estimate of drug-likeness (QED) is 0.907. The molecule has 0 saturated carbocycles. The van der Waals surface area contributed by atoms with Gasteiger partial charge in [-0.05, 0) is 43.1 Å². The Kier molecular flexibility index (Phi) is 4.52. The van der Waals surface area contributed by atoms with Crippen LogP contribution in [0.4, 0.5) is 0 Å². The molecule has 2 N–H and O–H groups in total. The minimum atomic E-state index is -0.948. The average Bonchev–Trinajstić information content (AvgIpc) is 2.56. The highest BCUT2D eigenvalue weighted by molar-refractivity contribution is 5.59. The minimum absolute atomic E-state index is 0.169.